The van der Waals surface area contributed by atoms with Crippen LogP contribution in [0.4, 0.5) is 8.78 Å². The van der Waals surface area contributed by atoms with Gasteiger partial charge in [-0.1, -0.05) is 32.6 Å². The third kappa shape index (κ3) is 4.33. The molecule has 3 atom stereocenters. The Hall–Kier alpha value is -0.810. The molecule has 1 N–H and O–H groups in total. The van der Waals surface area contributed by atoms with E-state index in [9.17, 15) is 13.0 Å². The Morgan fingerprint density at radius 1 is 1.14 bits per heavy atom. The van der Waals surface area contributed by atoms with Crippen molar-refractivity contribution in [3.8, 4) is 0 Å². The Morgan fingerprint density at radius 2 is 1.86 bits per heavy atom. The Bertz CT molecular complexity index is 495. The molecule has 3 unspecified atom stereocenters. The lowest BCUT2D eigenvalue weighted by molar-refractivity contribution is 0.400. The van der Waals surface area contributed by atoms with Crippen LogP contribution >= 0.6 is 0 Å². The van der Waals surface area contributed by atoms with Crippen LogP contribution in [0.25, 0.3) is 0 Å². The Kier molecular flexibility index (Phi) is 6.30. The lowest BCUT2D eigenvalue weighted by atomic mass is 9.96. The first kappa shape index (κ1) is 16.6. The van der Waals surface area contributed by atoms with Crippen molar-refractivity contribution in [2.75, 3.05) is 6.54 Å². The van der Waals surface area contributed by atoms with Crippen LogP contribution in [-0.2, 0) is 10.8 Å². The van der Waals surface area contributed by atoms with E-state index in [2.05, 4.69) is 5.32 Å². The van der Waals surface area contributed by atoms with Crippen LogP contribution in [0.5, 0.6) is 0 Å². The van der Waals surface area contributed by atoms with Crippen LogP contribution in [0, 0.1) is 11.6 Å². The SMILES string of the molecule is CCNC1CCCCCCC1S(=O)c1ccc(F)c(F)c1. The van der Waals surface area contributed by atoms with Gasteiger partial charge < -0.3 is 5.32 Å². The van der Waals surface area contributed by atoms with Gasteiger partial charge in [0.05, 0.1) is 16.0 Å². The molecule has 21 heavy (non-hydrogen) atoms. The minimum absolute atomic E-state index is 0.0323. The summed E-state index contributed by atoms with van der Waals surface area (Å²) in [5, 5.41) is 3.39. The number of nitrogens with one attached hydrogen (secondary N) is 1. The Balaban J connectivity index is 2.20. The maximum atomic E-state index is 13.4. The van der Waals surface area contributed by atoms with Gasteiger partial charge in [0.2, 0.25) is 0 Å². The average Bonchev–Trinajstić information content (AvgIpc) is 2.44. The summed E-state index contributed by atoms with van der Waals surface area (Å²) in [5.74, 6) is -1.82. The summed E-state index contributed by atoms with van der Waals surface area (Å²) in [7, 11) is -1.31. The van der Waals surface area contributed by atoms with Crippen molar-refractivity contribution in [2.24, 2.45) is 0 Å². The normalized spacial score (nSPS) is 25.1. The predicted octanol–water partition coefficient (Wildman–Crippen LogP) is 3.77. The summed E-state index contributed by atoms with van der Waals surface area (Å²) in [6.07, 6.45) is 6.40. The molecule has 2 nitrogen and oxygen atoms in total. The fourth-order valence-corrected chi connectivity index (χ4v) is 4.66. The monoisotopic (exact) mass is 315 g/mol. The second-order valence-electron chi connectivity index (χ2n) is 5.57. The van der Waals surface area contributed by atoms with Crippen LogP contribution in [0.2, 0.25) is 0 Å². The highest BCUT2D eigenvalue weighted by molar-refractivity contribution is 7.85. The van der Waals surface area contributed by atoms with Gasteiger partial charge in [-0.25, -0.2) is 8.78 Å². The molecular formula is C16H23F2NOS. The lowest BCUT2D eigenvalue weighted by Gasteiger charge is -2.29. The van der Waals surface area contributed by atoms with Crippen LogP contribution in [0.3, 0.4) is 0 Å². The molecule has 1 saturated carbocycles. The Morgan fingerprint density at radius 3 is 2.52 bits per heavy atom. The molecule has 1 aliphatic carbocycles. The van der Waals surface area contributed by atoms with E-state index in [0.717, 1.165) is 50.8 Å². The number of rotatable bonds is 4. The van der Waals surface area contributed by atoms with E-state index in [-0.39, 0.29) is 11.3 Å². The van der Waals surface area contributed by atoms with E-state index in [1.165, 1.54) is 12.5 Å². The lowest BCUT2D eigenvalue weighted by Crippen LogP contribution is -2.42. The first-order valence-electron chi connectivity index (χ1n) is 7.72. The molecule has 0 bridgehead atoms. The molecule has 1 fully saturated rings. The van der Waals surface area contributed by atoms with Crippen molar-refractivity contribution < 1.29 is 13.0 Å². The Labute approximate surface area is 127 Å². The van der Waals surface area contributed by atoms with Gasteiger partial charge in [-0.05, 0) is 37.6 Å². The van der Waals surface area contributed by atoms with Crippen molar-refractivity contribution in [3.63, 3.8) is 0 Å². The molecule has 0 spiro atoms. The zero-order valence-electron chi connectivity index (χ0n) is 12.4. The maximum Gasteiger partial charge on any atom is 0.160 e. The molecule has 0 heterocycles. The highest BCUT2D eigenvalue weighted by Gasteiger charge is 2.28. The van der Waals surface area contributed by atoms with Gasteiger partial charge in [0.1, 0.15) is 0 Å². The molecule has 2 rings (SSSR count). The molecule has 0 aliphatic heterocycles. The van der Waals surface area contributed by atoms with Gasteiger partial charge in [-0.3, -0.25) is 4.21 Å². The van der Waals surface area contributed by atoms with E-state index in [1.54, 1.807) is 0 Å². The molecule has 0 radical (unpaired) electrons. The summed E-state index contributed by atoms with van der Waals surface area (Å²) in [6.45, 7) is 2.87. The summed E-state index contributed by atoms with van der Waals surface area (Å²) in [4.78, 5) is 0.391. The van der Waals surface area contributed by atoms with E-state index in [4.69, 9.17) is 0 Å². The van der Waals surface area contributed by atoms with E-state index < -0.39 is 22.4 Å². The first-order valence-corrected chi connectivity index (χ1v) is 8.93. The maximum absolute atomic E-state index is 13.4. The number of benzene rings is 1. The van der Waals surface area contributed by atoms with E-state index >= 15 is 0 Å². The minimum atomic E-state index is -1.31. The van der Waals surface area contributed by atoms with Gasteiger partial charge >= 0.3 is 0 Å². The van der Waals surface area contributed by atoms with Crippen molar-refractivity contribution in [2.45, 2.75) is 61.6 Å². The molecular weight excluding hydrogens is 292 g/mol. The number of halogens is 2. The summed E-state index contributed by atoms with van der Waals surface area (Å²) in [5.41, 5.74) is 0. The number of hydrogen-bond donors (Lipinski definition) is 1. The molecule has 5 heteroatoms. The minimum Gasteiger partial charge on any atom is -0.313 e. The molecule has 1 aromatic carbocycles. The zero-order valence-corrected chi connectivity index (χ0v) is 13.2. The van der Waals surface area contributed by atoms with Gasteiger partial charge in [0, 0.05) is 10.9 Å². The second-order valence-corrected chi connectivity index (χ2v) is 7.24. The molecule has 0 aromatic heterocycles. The fraction of sp³-hybridized carbons (Fsp3) is 0.625. The van der Waals surface area contributed by atoms with Gasteiger partial charge in [0.25, 0.3) is 0 Å². The summed E-state index contributed by atoms with van der Waals surface area (Å²) < 4.78 is 39.2. The van der Waals surface area contributed by atoms with Crippen molar-refractivity contribution in [1.82, 2.24) is 5.32 Å². The molecule has 118 valence electrons. The van der Waals surface area contributed by atoms with Crippen LogP contribution in [-0.4, -0.2) is 22.0 Å². The first-order chi connectivity index (χ1) is 10.1. The average molecular weight is 315 g/mol. The van der Waals surface area contributed by atoms with Crippen molar-refractivity contribution in [3.05, 3.63) is 29.8 Å². The van der Waals surface area contributed by atoms with E-state index in [1.807, 2.05) is 6.92 Å². The third-order valence-corrected chi connectivity index (χ3v) is 5.90. The number of hydrogen-bond acceptors (Lipinski definition) is 2. The standard InChI is InChI=1S/C16H23F2NOS/c1-2-19-15-7-5-3-4-6-8-16(15)21(20)12-9-10-13(17)14(18)11-12/h9-11,15-16,19H,2-8H2,1H3. The van der Waals surface area contributed by atoms with Gasteiger partial charge in [-0.15, -0.1) is 0 Å². The fourth-order valence-electron chi connectivity index (χ4n) is 2.98. The van der Waals surface area contributed by atoms with Gasteiger partial charge in [-0.2, -0.15) is 0 Å². The largest absolute Gasteiger partial charge is 0.313 e. The molecule has 1 aromatic rings. The smallest absolute Gasteiger partial charge is 0.160 e. The molecule has 0 saturated heterocycles. The van der Waals surface area contributed by atoms with E-state index in [0.29, 0.717) is 4.90 Å². The highest BCUT2D eigenvalue weighted by atomic mass is 32.2. The van der Waals surface area contributed by atoms with Crippen LogP contribution in [0.1, 0.15) is 45.4 Å². The quantitative estimate of drug-likeness (QED) is 0.916. The van der Waals surface area contributed by atoms with Crippen LogP contribution < -0.4 is 5.32 Å². The van der Waals surface area contributed by atoms with Crippen LogP contribution in [0.15, 0.2) is 23.1 Å². The summed E-state index contributed by atoms with van der Waals surface area (Å²) in [6, 6.07) is 3.77. The third-order valence-electron chi connectivity index (χ3n) is 4.07. The van der Waals surface area contributed by atoms with Crippen molar-refractivity contribution in [1.29, 1.82) is 0 Å². The zero-order chi connectivity index (χ0) is 15.2. The second kappa shape index (κ2) is 7.99. The predicted molar refractivity (Wildman–Crippen MR) is 81.7 cm³/mol. The van der Waals surface area contributed by atoms with Gasteiger partial charge in [0.15, 0.2) is 11.6 Å². The van der Waals surface area contributed by atoms with Crippen molar-refractivity contribution >= 4 is 10.8 Å². The topological polar surface area (TPSA) is 29.1 Å². The molecule has 1 aliphatic rings. The highest BCUT2D eigenvalue weighted by Crippen LogP contribution is 2.26. The molecule has 0 amide bonds. The summed E-state index contributed by atoms with van der Waals surface area (Å²) >= 11 is 0.